The molecule has 0 aliphatic rings. The summed E-state index contributed by atoms with van der Waals surface area (Å²) in [5, 5.41) is 8.87. The average Bonchev–Trinajstić information content (AvgIpc) is 2.20. The lowest BCUT2D eigenvalue weighted by atomic mass is 10.1. The van der Waals surface area contributed by atoms with Crippen LogP contribution in [0.15, 0.2) is 12.2 Å². The first-order chi connectivity index (χ1) is 7.16. The van der Waals surface area contributed by atoms with E-state index in [2.05, 4.69) is 6.92 Å². The van der Waals surface area contributed by atoms with Gasteiger partial charge >= 0.3 is 5.97 Å². The molecular weight excluding hydrogens is 192 g/mol. The molecule has 0 aromatic heterocycles. The summed E-state index contributed by atoms with van der Waals surface area (Å²) in [7, 11) is 0. The van der Waals surface area contributed by atoms with E-state index in [0.29, 0.717) is 0 Å². The number of hydrogen-bond acceptors (Lipinski definition) is 3. The molecule has 0 aromatic carbocycles. The van der Waals surface area contributed by atoms with Gasteiger partial charge in [-0.2, -0.15) is 0 Å². The van der Waals surface area contributed by atoms with Crippen molar-refractivity contribution in [2.75, 3.05) is 6.61 Å². The Hall–Kier alpha value is -0.830. The first-order valence-electron chi connectivity index (χ1n) is 5.68. The molecule has 0 spiro atoms. The summed E-state index contributed by atoms with van der Waals surface area (Å²) in [6.07, 6.45) is 8.41. The number of carbonyl (C=O) groups is 1. The predicted octanol–water partition coefficient (Wildman–Crippen LogP) is 2.44. The Morgan fingerprint density at radius 3 is 2.73 bits per heavy atom. The Morgan fingerprint density at radius 1 is 1.40 bits per heavy atom. The Morgan fingerprint density at radius 2 is 2.13 bits per heavy atom. The number of unbranched alkanes of at least 4 members (excludes halogenated alkanes) is 4. The maximum atomic E-state index is 11.0. The maximum Gasteiger partial charge on any atom is 0.330 e. The summed E-state index contributed by atoms with van der Waals surface area (Å²) in [5.74, 6) is -0.369. The fraction of sp³-hybridized carbons (Fsp3) is 0.750. The van der Waals surface area contributed by atoms with E-state index >= 15 is 0 Å². The summed E-state index contributed by atoms with van der Waals surface area (Å²) in [6.45, 7) is 3.82. The second kappa shape index (κ2) is 9.71. The van der Waals surface area contributed by atoms with E-state index in [1.165, 1.54) is 25.3 Å². The van der Waals surface area contributed by atoms with Crippen molar-refractivity contribution in [3.8, 4) is 0 Å². The van der Waals surface area contributed by atoms with Crippen molar-refractivity contribution in [2.24, 2.45) is 0 Å². The first kappa shape index (κ1) is 14.2. The minimum absolute atomic E-state index is 0.0685. The minimum Gasteiger partial charge on any atom is -0.460 e. The van der Waals surface area contributed by atoms with Crippen LogP contribution in [-0.4, -0.2) is 23.8 Å². The van der Waals surface area contributed by atoms with Crippen LogP contribution in [0.4, 0.5) is 0 Å². The first-order valence-corrected chi connectivity index (χ1v) is 5.68. The van der Waals surface area contributed by atoms with Crippen molar-refractivity contribution in [1.29, 1.82) is 0 Å². The molecule has 0 aromatic rings. The summed E-state index contributed by atoms with van der Waals surface area (Å²) < 4.78 is 4.76. The van der Waals surface area contributed by atoms with Crippen LogP contribution >= 0.6 is 0 Å². The molecule has 0 heterocycles. The molecule has 1 unspecified atom stereocenters. The van der Waals surface area contributed by atoms with Gasteiger partial charge in [0.05, 0.1) is 6.10 Å². The second-order valence-electron chi connectivity index (χ2n) is 3.73. The number of esters is 1. The molecule has 0 saturated heterocycles. The Balaban J connectivity index is 3.38. The van der Waals surface area contributed by atoms with Crippen LogP contribution in [0, 0.1) is 0 Å². The molecular formula is C12H22O3. The van der Waals surface area contributed by atoms with Gasteiger partial charge in [-0.25, -0.2) is 4.79 Å². The van der Waals surface area contributed by atoms with E-state index in [9.17, 15) is 4.79 Å². The molecule has 0 radical (unpaired) electrons. The largest absolute Gasteiger partial charge is 0.460 e. The van der Waals surface area contributed by atoms with Crippen molar-refractivity contribution < 1.29 is 14.6 Å². The molecule has 3 heteroatoms. The van der Waals surface area contributed by atoms with Crippen LogP contribution in [0.2, 0.25) is 0 Å². The fourth-order valence-corrected chi connectivity index (χ4v) is 1.12. The average molecular weight is 214 g/mol. The number of allylic oxidation sites excluding steroid dienone is 1. The van der Waals surface area contributed by atoms with E-state index in [0.717, 1.165) is 12.8 Å². The fourth-order valence-electron chi connectivity index (χ4n) is 1.12. The Bertz CT molecular complexity index is 185. The number of rotatable bonds is 8. The van der Waals surface area contributed by atoms with Gasteiger partial charge in [-0.1, -0.05) is 32.3 Å². The van der Waals surface area contributed by atoms with Crippen LogP contribution in [-0.2, 0) is 9.53 Å². The third-order valence-electron chi connectivity index (χ3n) is 1.95. The lowest BCUT2D eigenvalue weighted by Gasteiger charge is -2.03. The number of ether oxygens (including phenoxy) is 1. The van der Waals surface area contributed by atoms with Crippen LogP contribution in [0.5, 0.6) is 0 Å². The highest BCUT2D eigenvalue weighted by Gasteiger charge is 1.99. The van der Waals surface area contributed by atoms with Gasteiger partial charge < -0.3 is 9.84 Å². The zero-order valence-electron chi connectivity index (χ0n) is 9.74. The molecule has 15 heavy (non-hydrogen) atoms. The lowest BCUT2D eigenvalue weighted by Crippen LogP contribution is -2.13. The zero-order valence-corrected chi connectivity index (χ0v) is 9.74. The van der Waals surface area contributed by atoms with Crippen LogP contribution in [0.3, 0.4) is 0 Å². The number of carbonyl (C=O) groups excluding carboxylic acids is 1. The summed E-state index contributed by atoms with van der Waals surface area (Å²) >= 11 is 0. The quantitative estimate of drug-likeness (QED) is 0.383. The molecule has 0 rings (SSSR count). The number of aliphatic hydroxyl groups excluding tert-OH is 1. The number of aliphatic hydroxyl groups is 1. The standard InChI is InChI=1S/C12H22O3/c1-3-4-5-6-7-8-9-12(14)15-10-11(2)13/h8-9,11,13H,3-7,10H2,1-2H3. The molecule has 0 bridgehead atoms. The molecule has 1 atom stereocenters. The molecule has 88 valence electrons. The number of hydrogen-bond donors (Lipinski definition) is 1. The highest BCUT2D eigenvalue weighted by Crippen LogP contribution is 2.02. The molecule has 3 nitrogen and oxygen atoms in total. The van der Waals surface area contributed by atoms with Gasteiger partial charge in [-0.3, -0.25) is 0 Å². The third kappa shape index (κ3) is 11.1. The van der Waals surface area contributed by atoms with Crippen LogP contribution in [0.1, 0.15) is 46.0 Å². The van der Waals surface area contributed by atoms with Crippen LogP contribution in [0.25, 0.3) is 0 Å². The van der Waals surface area contributed by atoms with Crippen LogP contribution < -0.4 is 0 Å². The van der Waals surface area contributed by atoms with Gasteiger partial charge in [0.1, 0.15) is 6.61 Å². The molecule has 0 fully saturated rings. The topological polar surface area (TPSA) is 46.5 Å². The second-order valence-corrected chi connectivity index (χ2v) is 3.73. The van der Waals surface area contributed by atoms with Crippen molar-refractivity contribution in [1.82, 2.24) is 0 Å². The summed E-state index contributed by atoms with van der Waals surface area (Å²) in [4.78, 5) is 11.0. The molecule has 0 aliphatic carbocycles. The van der Waals surface area contributed by atoms with Crippen molar-refractivity contribution in [2.45, 2.75) is 52.1 Å². The minimum atomic E-state index is -0.591. The van der Waals surface area contributed by atoms with Gasteiger partial charge in [0, 0.05) is 6.08 Å². The lowest BCUT2D eigenvalue weighted by molar-refractivity contribution is -0.140. The van der Waals surface area contributed by atoms with E-state index in [-0.39, 0.29) is 12.6 Å². The van der Waals surface area contributed by atoms with Crippen molar-refractivity contribution >= 4 is 5.97 Å². The van der Waals surface area contributed by atoms with E-state index in [4.69, 9.17) is 9.84 Å². The monoisotopic (exact) mass is 214 g/mol. The molecule has 0 saturated carbocycles. The van der Waals surface area contributed by atoms with E-state index in [1.807, 2.05) is 6.08 Å². The molecule has 0 aliphatic heterocycles. The highest BCUT2D eigenvalue weighted by atomic mass is 16.5. The van der Waals surface area contributed by atoms with Crippen molar-refractivity contribution in [3.63, 3.8) is 0 Å². The van der Waals surface area contributed by atoms with Gasteiger partial charge in [0.15, 0.2) is 0 Å². The predicted molar refractivity (Wildman–Crippen MR) is 60.5 cm³/mol. The summed E-state index contributed by atoms with van der Waals surface area (Å²) in [6, 6.07) is 0. The van der Waals surface area contributed by atoms with Gasteiger partial charge in [-0.05, 0) is 19.8 Å². The van der Waals surface area contributed by atoms with Gasteiger partial charge in [0.2, 0.25) is 0 Å². The molecule has 1 N–H and O–H groups in total. The van der Waals surface area contributed by atoms with Crippen molar-refractivity contribution in [3.05, 3.63) is 12.2 Å². The van der Waals surface area contributed by atoms with Gasteiger partial charge in [-0.15, -0.1) is 0 Å². The zero-order chi connectivity index (χ0) is 11.5. The van der Waals surface area contributed by atoms with E-state index in [1.54, 1.807) is 6.92 Å². The third-order valence-corrected chi connectivity index (χ3v) is 1.95. The SMILES string of the molecule is CCCCCCC=CC(=O)OCC(C)O. The Kier molecular flexibility index (Phi) is 9.18. The maximum absolute atomic E-state index is 11.0. The summed E-state index contributed by atoms with van der Waals surface area (Å²) in [5.41, 5.74) is 0. The van der Waals surface area contributed by atoms with E-state index < -0.39 is 6.10 Å². The van der Waals surface area contributed by atoms with Gasteiger partial charge in [0.25, 0.3) is 0 Å². The Labute approximate surface area is 92.1 Å². The normalized spacial score (nSPS) is 13.0. The smallest absolute Gasteiger partial charge is 0.330 e. The molecule has 0 amide bonds. The highest BCUT2D eigenvalue weighted by molar-refractivity contribution is 5.81.